The van der Waals surface area contributed by atoms with E-state index >= 15 is 0 Å². The number of hydrogen-bond donors (Lipinski definition) is 2. The van der Waals surface area contributed by atoms with Crippen LogP contribution in [0.1, 0.15) is 28.7 Å². The van der Waals surface area contributed by atoms with Crippen LogP contribution >= 0.6 is 11.6 Å². The summed E-state index contributed by atoms with van der Waals surface area (Å²) in [5.74, 6) is -2.05. The lowest BCUT2D eigenvalue weighted by atomic mass is 9.88. The lowest BCUT2D eigenvalue weighted by Crippen LogP contribution is -2.21. The zero-order valence-electron chi connectivity index (χ0n) is 11.5. The molecule has 21 heavy (non-hydrogen) atoms. The van der Waals surface area contributed by atoms with Crippen LogP contribution in [0.2, 0.25) is 5.02 Å². The molecule has 0 saturated carbocycles. The van der Waals surface area contributed by atoms with Gasteiger partial charge in [-0.1, -0.05) is 41.4 Å². The van der Waals surface area contributed by atoms with Crippen LogP contribution in [0.25, 0.3) is 0 Å². The highest BCUT2D eigenvalue weighted by Crippen LogP contribution is 2.33. The summed E-state index contributed by atoms with van der Waals surface area (Å²) in [6.07, 6.45) is -1.25. The Morgan fingerprint density at radius 2 is 1.90 bits per heavy atom. The Morgan fingerprint density at radius 3 is 2.52 bits per heavy atom. The van der Waals surface area contributed by atoms with Gasteiger partial charge in [-0.3, -0.25) is 0 Å². The first-order chi connectivity index (χ1) is 9.93. The van der Waals surface area contributed by atoms with Gasteiger partial charge in [0.1, 0.15) is 11.6 Å². The molecule has 0 aliphatic rings. The average molecular weight is 312 g/mol. The lowest BCUT2D eigenvalue weighted by Gasteiger charge is -2.23. The fourth-order valence-corrected chi connectivity index (χ4v) is 2.48. The molecule has 0 fully saturated rings. The first-order valence-corrected chi connectivity index (χ1v) is 6.91. The molecule has 2 atom stereocenters. The van der Waals surface area contributed by atoms with Crippen molar-refractivity contribution in [1.82, 2.24) is 0 Å². The molecular formula is C16H16ClF2NO. The van der Waals surface area contributed by atoms with Gasteiger partial charge in [0.05, 0.1) is 11.1 Å². The molecule has 0 aliphatic heterocycles. The van der Waals surface area contributed by atoms with Gasteiger partial charge in [-0.15, -0.1) is 0 Å². The van der Waals surface area contributed by atoms with Gasteiger partial charge in [0.2, 0.25) is 0 Å². The van der Waals surface area contributed by atoms with Crippen molar-refractivity contribution < 1.29 is 13.9 Å². The Morgan fingerprint density at radius 1 is 1.19 bits per heavy atom. The van der Waals surface area contributed by atoms with Crippen molar-refractivity contribution in [3.05, 3.63) is 69.7 Å². The summed E-state index contributed by atoms with van der Waals surface area (Å²) in [5.41, 5.74) is 7.34. The molecule has 2 unspecified atom stereocenters. The number of aryl methyl sites for hydroxylation is 1. The molecule has 0 radical (unpaired) electrons. The van der Waals surface area contributed by atoms with E-state index in [1.165, 1.54) is 0 Å². The third kappa shape index (κ3) is 3.40. The van der Waals surface area contributed by atoms with E-state index in [0.29, 0.717) is 0 Å². The normalized spacial score (nSPS) is 14.0. The molecule has 2 aromatic rings. The Hall–Kier alpha value is -1.49. The maximum Gasteiger partial charge on any atom is 0.142 e. The fraction of sp³-hybridized carbons (Fsp3) is 0.250. The van der Waals surface area contributed by atoms with Crippen LogP contribution in [0.3, 0.4) is 0 Å². The van der Waals surface area contributed by atoms with Crippen molar-refractivity contribution in [3.8, 4) is 0 Å². The quantitative estimate of drug-likeness (QED) is 0.846. The van der Waals surface area contributed by atoms with E-state index in [9.17, 15) is 13.9 Å². The fourth-order valence-electron chi connectivity index (χ4n) is 2.33. The molecular weight excluding hydrogens is 296 g/mol. The predicted molar refractivity (Wildman–Crippen MR) is 79.3 cm³/mol. The zero-order valence-corrected chi connectivity index (χ0v) is 12.2. The van der Waals surface area contributed by atoms with Gasteiger partial charge in [-0.25, -0.2) is 8.78 Å². The number of aliphatic hydroxyl groups is 1. The molecule has 3 N–H and O–H groups in total. The Kier molecular flexibility index (Phi) is 4.93. The van der Waals surface area contributed by atoms with Crippen LogP contribution in [-0.2, 0) is 0 Å². The lowest BCUT2D eigenvalue weighted by molar-refractivity contribution is 0.142. The van der Waals surface area contributed by atoms with Crippen LogP contribution < -0.4 is 5.73 Å². The molecule has 2 aromatic carbocycles. The number of rotatable bonds is 4. The van der Waals surface area contributed by atoms with Gasteiger partial charge in [-0.2, -0.15) is 0 Å². The minimum atomic E-state index is -1.25. The van der Waals surface area contributed by atoms with E-state index in [0.717, 1.165) is 23.3 Å². The molecule has 0 heterocycles. The Labute approximate surface area is 127 Å². The first-order valence-electron chi connectivity index (χ1n) is 6.53. The van der Waals surface area contributed by atoms with Gasteiger partial charge < -0.3 is 10.8 Å². The van der Waals surface area contributed by atoms with Crippen LogP contribution in [0.4, 0.5) is 8.78 Å². The Balaban J connectivity index is 2.41. The summed E-state index contributed by atoms with van der Waals surface area (Å²) in [7, 11) is 0. The summed E-state index contributed by atoms with van der Waals surface area (Å²) in [6, 6.07) is 9.19. The maximum absolute atomic E-state index is 13.9. The van der Waals surface area contributed by atoms with Crippen LogP contribution in [-0.4, -0.2) is 11.7 Å². The van der Waals surface area contributed by atoms with E-state index in [1.54, 1.807) is 6.07 Å². The largest absolute Gasteiger partial charge is 0.388 e. The SMILES string of the molecule is Cc1cccc(C(CN)C(O)c2cc(F)c(Cl)cc2F)c1. The van der Waals surface area contributed by atoms with E-state index in [1.807, 2.05) is 25.1 Å². The van der Waals surface area contributed by atoms with Crippen molar-refractivity contribution in [2.45, 2.75) is 18.9 Å². The highest BCUT2D eigenvalue weighted by atomic mass is 35.5. The number of halogens is 3. The van der Waals surface area contributed by atoms with Crippen molar-refractivity contribution in [2.24, 2.45) is 5.73 Å². The van der Waals surface area contributed by atoms with Gasteiger partial charge in [0, 0.05) is 18.0 Å². The topological polar surface area (TPSA) is 46.2 Å². The van der Waals surface area contributed by atoms with E-state index in [2.05, 4.69) is 0 Å². The third-order valence-electron chi connectivity index (χ3n) is 3.46. The van der Waals surface area contributed by atoms with Crippen molar-refractivity contribution in [3.63, 3.8) is 0 Å². The second-order valence-electron chi connectivity index (χ2n) is 4.99. The molecule has 0 aliphatic carbocycles. The highest BCUT2D eigenvalue weighted by molar-refractivity contribution is 6.30. The Bertz CT molecular complexity index is 648. The highest BCUT2D eigenvalue weighted by Gasteiger charge is 2.25. The van der Waals surface area contributed by atoms with Crippen molar-refractivity contribution in [2.75, 3.05) is 6.54 Å². The van der Waals surface area contributed by atoms with E-state index in [-0.39, 0.29) is 17.1 Å². The number of hydrogen-bond acceptors (Lipinski definition) is 2. The summed E-state index contributed by atoms with van der Waals surface area (Å²) in [6.45, 7) is 2.01. The second-order valence-corrected chi connectivity index (χ2v) is 5.40. The zero-order chi connectivity index (χ0) is 15.6. The van der Waals surface area contributed by atoms with Gasteiger partial charge >= 0.3 is 0 Å². The van der Waals surface area contributed by atoms with Gasteiger partial charge in [-0.05, 0) is 24.6 Å². The molecule has 2 nitrogen and oxygen atoms in total. The van der Waals surface area contributed by atoms with Crippen molar-refractivity contribution in [1.29, 1.82) is 0 Å². The minimum Gasteiger partial charge on any atom is -0.388 e. The van der Waals surface area contributed by atoms with Crippen molar-refractivity contribution >= 4 is 11.6 Å². The molecule has 0 bridgehead atoms. The molecule has 5 heteroatoms. The summed E-state index contributed by atoms with van der Waals surface area (Å²) in [5, 5.41) is 10.1. The van der Waals surface area contributed by atoms with Crippen LogP contribution in [0.15, 0.2) is 36.4 Å². The second kappa shape index (κ2) is 6.52. The minimum absolute atomic E-state index is 0.105. The number of nitrogens with two attached hydrogens (primary N) is 1. The summed E-state index contributed by atoms with van der Waals surface area (Å²) < 4.78 is 27.4. The number of aliphatic hydroxyl groups excluding tert-OH is 1. The molecule has 0 amide bonds. The molecule has 0 aromatic heterocycles. The smallest absolute Gasteiger partial charge is 0.142 e. The molecule has 0 spiro atoms. The monoisotopic (exact) mass is 311 g/mol. The van der Waals surface area contributed by atoms with Crippen LogP contribution in [0.5, 0.6) is 0 Å². The summed E-state index contributed by atoms with van der Waals surface area (Å²) >= 11 is 5.52. The third-order valence-corrected chi connectivity index (χ3v) is 3.75. The van der Waals surface area contributed by atoms with Crippen LogP contribution in [0, 0.1) is 18.6 Å². The molecule has 0 saturated heterocycles. The van der Waals surface area contributed by atoms with E-state index < -0.39 is 23.7 Å². The van der Waals surface area contributed by atoms with E-state index in [4.69, 9.17) is 17.3 Å². The molecule has 112 valence electrons. The van der Waals surface area contributed by atoms with Gasteiger partial charge in [0.25, 0.3) is 0 Å². The van der Waals surface area contributed by atoms with Gasteiger partial charge in [0.15, 0.2) is 0 Å². The maximum atomic E-state index is 13.9. The standard InChI is InChI=1S/C16H16ClF2NO/c1-9-3-2-4-10(5-9)12(8-20)16(21)11-6-15(19)13(17)7-14(11)18/h2-7,12,16,21H,8,20H2,1H3. The average Bonchev–Trinajstić information content (AvgIpc) is 2.43. The predicted octanol–water partition coefficient (Wildman–Crippen LogP) is 3.70. The molecule has 2 rings (SSSR count). The summed E-state index contributed by atoms with van der Waals surface area (Å²) in [4.78, 5) is 0. The first kappa shape index (κ1) is 15.9. The number of benzene rings is 2.